The molecule has 0 aliphatic heterocycles. The fraction of sp³-hybridized carbons (Fsp3) is 0.375. The monoisotopic (exact) mass is 559 g/mol. The topological polar surface area (TPSA) is 144 Å². The molecule has 0 saturated heterocycles. The maximum Gasteiger partial charge on any atom is 0.433 e. The number of rotatable bonds is 7. The number of carbonyl (C=O) groups is 1. The van der Waals surface area contributed by atoms with Gasteiger partial charge < -0.3 is 15.7 Å². The summed E-state index contributed by atoms with van der Waals surface area (Å²) in [5.74, 6) is -0.365. The molecule has 39 heavy (non-hydrogen) atoms. The van der Waals surface area contributed by atoms with Crippen molar-refractivity contribution in [3.8, 4) is 10.4 Å². The molecule has 11 nitrogen and oxygen atoms in total. The van der Waals surface area contributed by atoms with E-state index in [1.165, 1.54) is 22.3 Å². The third-order valence-corrected chi connectivity index (χ3v) is 7.58. The Morgan fingerprint density at radius 2 is 2.03 bits per heavy atom. The lowest BCUT2D eigenvalue weighted by Crippen LogP contribution is -2.43. The van der Waals surface area contributed by atoms with Crippen LogP contribution in [0.2, 0.25) is 0 Å². The van der Waals surface area contributed by atoms with Crippen molar-refractivity contribution in [2.45, 2.75) is 57.0 Å². The van der Waals surface area contributed by atoms with Crippen molar-refractivity contribution in [2.75, 3.05) is 5.32 Å². The molecule has 4 aromatic rings. The van der Waals surface area contributed by atoms with E-state index in [1.54, 1.807) is 18.3 Å². The number of hydrogen-bond acceptors (Lipinski definition) is 10. The number of amides is 1. The van der Waals surface area contributed by atoms with Gasteiger partial charge in [0.25, 0.3) is 0 Å². The fourth-order valence-corrected chi connectivity index (χ4v) is 5.50. The van der Waals surface area contributed by atoms with Gasteiger partial charge in [0.2, 0.25) is 11.9 Å². The molecule has 15 heteroatoms. The van der Waals surface area contributed by atoms with Gasteiger partial charge in [-0.3, -0.25) is 4.79 Å². The number of aryl methyl sites for hydroxylation is 1. The second-order valence-electron chi connectivity index (χ2n) is 9.39. The van der Waals surface area contributed by atoms with Crippen LogP contribution in [0.1, 0.15) is 41.9 Å². The van der Waals surface area contributed by atoms with Gasteiger partial charge in [0.1, 0.15) is 29.2 Å². The van der Waals surface area contributed by atoms with Crippen molar-refractivity contribution < 1.29 is 23.1 Å². The van der Waals surface area contributed by atoms with Crippen molar-refractivity contribution in [1.29, 1.82) is 0 Å². The summed E-state index contributed by atoms with van der Waals surface area (Å²) in [5, 5.41) is 28.4. The summed E-state index contributed by atoms with van der Waals surface area (Å²) >= 11 is 1.36. The Bertz CT molecular complexity index is 1450. The number of halogens is 3. The van der Waals surface area contributed by atoms with Crippen LogP contribution < -0.4 is 10.6 Å². The molecule has 5 rings (SSSR count). The van der Waals surface area contributed by atoms with Crippen molar-refractivity contribution in [3.05, 3.63) is 59.3 Å². The first-order valence-corrected chi connectivity index (χ1v) is 12.9. The van der Waals surface area contributed by atoms with E-state index in [2.05, 4.69) is 41.1 Å². The molecule has 3 heterocycles. The molecule has 1 aliphatic rings. The number of thiazole rings is 1. The highest BCUT2D eigenvalue weighted by Crippen LogP contribution is 2.41. The van der Waals surface area contributed by atoms with E-state index < -0.39 is 17.5 Å². The maximum absolute atomic E-state index is 13.0. The van der Waals surface area contributed by atoms with Gasteiger partial charge in [-0.1, -0.05) is 6.07 Å². The lowest BCUT2D eigenvalue weighted by atomic mass is 9.82. The Morgan fingerprint density at radius 3 is 2.74 bits per heavy atom. The van der Waals surface area contributed by atoms with Gasteiger partial charge in [0.05, 0.1) is 4.88 Å². The first-order valence-electron chi connectivity index (χ1n) is 12.1. The standard InChI is InChI=1S/C24H24F3N9O2S/c1-14-8-15(10-17(9-14)32-22-28-7-4-19(33-22)24(25,26)27)18-11-29-21(39-18)23(38)5-2-16(3-6-23)31-20(37)12-36-13-30-34-35-36/h4,7-11,13,16,38H,2-3,5-6,12H2,1H3,(H,31,37)(H,28,32,33). The molecule has 0 unspecified atom stereocenters. The summed E-state index contributed by atoms with van der Waals surface area (Å²) in [5.41, 5.74) is 0.0383. The van der Waals surface area contributed by atoms with Gasteiger partial charge in [0, 0.05) is 24.1 Å². The predicted molar refractivity (Wildman–Crippen MR) is 135 cm³/mol. The molecule has 1 fully saturated rings. The molecule has 1 aliphatic carbocycles. The highest BCUT2D eigenvalue weighted by Gasteiger charge is 2.38. The second-order valence-corrected chi connectivity index (χ2v) is 10.4. The van der Waals surface area contributed by atoms with Crippen LogP contribution >= 0.6 is 11.3 Å². The van der Waals surface area contributed by atoms with E-state index in [9.17, 15) is 23.1 Å². The lowest BCUT2D eigenvalue weighted by molar-refractivity contribution is -0.141. The second kappa shape index (κ2) is 10.6. The van der Waals surface area contributed by atoms with Gasteiger partial charge in [-0.05, 0) is 72.4 Å². The first-order chi connectivity index (χ1) is 18.6. The van der Waals surface area contributed by atoms with E-state index >= 15 is 0 Å². The van der Waals surface area contributed by atoms with E-state index in [-0.39, 0.29) is 24.4 Å². The summed E-state index contributed by atoms with van der Waals surface area (Å²) in [6.07, 6.45) is 1.57. The summed E-state index contributed by atoms with van der Waals surface area (Å²) < 4.78 is 40.4. The number of nitrogens with zero attached hydrogens (tertiary/aromatic N) is 7. The van der Waals surface area contributed by atoms with Gasteiger partial charge in [-0.25, -0.2) is 19.6 Å². The largest absolute Gasteiger partial charge is 0.433 e. The average Bonchev–Trinajstić information content (AvgIpc) is 3.58. The fourth-order valence-electron chi connectivity index (χ4n) is 4.45. The van der Waals surface area contributed by atoms with Crippen molar-refractivity contribution >= 4 is 28.9 Å². The number of hydrogen-bond donors (Lipinski definition) is 3. The molecule has 3 N–H and O–H groups in total. The average molecular weight is 560 g/mol. The van der Waals surface area contributed by atoms with Crippen LogP contribution in [-0.4, -0.2) is 52.2 Å². The normalized spacial score (nSPS) is 19.6. The van der Waals surface area contributed by atoms with Crippen LogP contribution in [-0.2, 0) is 23.1 Å². The number of benzene rings is 1. The maximum atomic E-state index is 13.0. The van der Waals surface area contributed by atoms with Crippen molar-refractivity contribution in [3.63, 3.8) is 0 Å². The summed E-state index contributed by atoms with van der Waals surface area (Å²) in [4.78, 5) is 25.0. The SMILES string of the molecule is Cc1cc(Nc2nccc(C(F)(F)F)n2)cc(-c2cnc(C3(O)CCC(NC(=O)Cn4cnnn4)CC3)s2)c1. The molecule has 0 atom stereocenters. The van der Waals surface area contributed by atoms with Gasteiger partial charge in [0.15, 0.2) is 0 Å². The van der Waals surface area contributed by atoms with Gasteiger partial charge in [-0.2, -0.15) is 13.2 Å². The number of aromatic nitrogens is 7. The Morgan fingerprint density at radius 1 is 1.23 bits per heavy atom. The highest BCUT2D eigenvalue weighted by atomic mass is 32.1. The minimum Gasteiger partial charge on any atom is -0.383 e. The Balaban J connectivity index is 1.25. The molecule has 3 aromatic heterocycles. The van der Waals surface area contributed by atoms with E-state index in [0.29, 0.717) is 36.4 Å². The number of tetrazole rings is 1. The quantitative estimate of drug-likeness (QED) is 0.309. The van der Waals surface area contributed by atoms with Crippen LogP contribution in [0.4, 0.5) is 24.8 Å². The molecule has 1 aromatic carbocycles. The van der Waals surface area contributed by atoms with Crippen molar-refractivity contribution in [1.82, 2.24) is 40.5 Å². The molecule has 0 spiro atoms. The number of alkyl halides is 3. The van der Waals surface area contributed by atoms with Crippen LogP contribution in [0, 0.1) is 6.92 Å². The minimum absolute atomic E-state index is 0.0246. The van der Waals surface area contributed by atoms with E-state index in [4.69, 9.17) is 0 Å². The summed E-state index contributed by atoms with van der Waals surface area (Å²) in [7, 11) is 0. The van der Waals surface area contributed by atoms with Crippen molar-refractivity contribution in [2.24, 2.45) is 0 Å². The molecular weight excluding hydrogens is 535 g/mol. The molecule has 0 bridgehead atoms. The molecule has 1 amide bonds. The Hall–Kier alpha value is -3.98. The lowest BCUT2D eigenvalue weighted by Gasteiger charge is -2.34. The van der Waals surface area contributed by atoms with Crippen LogP contribution in [0.5, 0.6) is 0 Å². The van der Waals surface area contributed by atoms with E-state index in [0.717, 1.165) is 28.3 Å². The highest BCUT2D eigenvalue weighted by molar-refractivity contribution is 7.15. The third-order valence-electron chi connectivity index (χ3n) is 6.34. The number of nitrogens with one attached hydrogen (secondary N) is 2. The smallest absolute Gasteiger partial charge is 0.383 e. The van der Waals surface area contributed by atoms with Gasteiger partial charge >= 0.3 is 6.18 Å². The van der Waals surface area contributed by atoms with Crippen LogP contribution in [0.3, 0.4) is 0 Å². The van der Waals surface area contributed by atoms with E-state index in [1.807, 2.05) is 13.0 Å². The van der Waals surface area contributed by atoms with Crippen LogP contribution in [0.25, 0.3) is 10.4 Å². The first kappa shape index (κ1) is 26.6. The summed E-state index contributed by atoms with van der Waals surface area (Å²) in [6.45, 7) is 1.89. The number of aliphatic hydroxyl groups is 1. The zero-order valence-corrected chi connectivity index (χ0v) is 21.5. The van der Waals surface area contributed by atoms with Crippen LogP contribution in [0.15, 0.2) is 43.0 Å². The Kier molecular flexibility index (Phi) is 7.27. The minimum atomic E-state index is -4.57. The van der Waals surface area contributed by atoms with Gasteiger partial charge in [-0.15, -0.1) is 16.4 Å². The predicted octanol–water partition coefficient (Wildman–Crippen LogP) is 3.60. The molecule has 204 valence electrons. The molecular formula is C24H24F3N9O2S. The zero-order valence-electron chi connectivity index (χ0n) is 20.7. The third kappa shape index (κ3) is 6.37. The zero-order chi connectivity index (χ0) is 27.6. The summed E-state index contributed by atoms with van der Waals surface area (Å²) in [6, 6.07) is 6.22. The number of anilines is 2. The number of carbonyl (C=O) groups excluding carboxylic acids is 1. The Labute approximate surface area is 224 Å². The molecule has 1 saturated carbocycles. The molecule has 0 radical (unpaired) electrons.